The third-order valence-corrected chi connectivity index (χ3v) is 5.05. The molecule has 164 valence electrons. The molecule has 0 atom stereocenters. The summed E-state index contributed by atoms with van der Waals surface area (Å²) in [5, 5.41) is 3.42. The van der Waals surface area contributed by atoms with Crippen LogP contribution in [0.2, 0.25) is 0 Å². The number of rotatable bonds is 7. The number of benzene rings is 1. The molecule has 0 unspecified atom stereocenters. The van der Waals surface area contributed by atoms with E-state index in [0.29, 0.717) is 6.54 Å². The van der Waals surface area contributed by atoms with Crippen molar-refractivity contribution in [3.05, 3.63) is 54.1 Å². The fourth-order valence-corrected chi connectivity index (χ4v) is 3.45. The molecule has 2 aromatic rings. The highest BCUT2D eigenvalue weighted by atomic mass is 127. The van der Waals surface area contributed by atoms with Crippen LogP contribution in [0.5, 0.6) is 0 Å². The molecule has 30 heavy (non-hydrogen) atoms. The maximum atomic E-state index is 13.1. The molecule has 1 N–H and O–H groups in total. The van der Waals surface area contributed by atoms with Crippen molar-refractivity contribution in [1.29, 1.82) is 0 Å². The number of hydrogen-bond donors (Lipinski definition) is 1. The summed E-state index contributed by atoms with van der Waals surface area (Å²) in [5.41, 5.74) is 1.05. The fourth-order valence-electron chi connectivity index (χ4n) is 3.45. The van der Waals surface area contributed by atoms with Crippen molar-refractivity contribution >= 4 is 35.9 Å². The molecular weight excluding hydrogens is 496 g/mol. The Labute approximate surface area is 195 Å². The summed E-state index contributed by atoms with van der Waals surface area (Å²) in [4.78, 5) is 19.8. The lowest BCUT2D eigenvalue weighted by Crippen LogP contribution is -2.47. The van der Waals surface area contributed by atoms with Crippen molar-refractivity contribution < 1.29 is 4.39 Å². The van der Waals surface area contributed by atoms with E-state index in [-0.39, 0.29) is 29.8 Å². The lowest BCUT2D eigenvalue weighted by Gasteiger charge is -2.34. The maximum absolute atomic E-state index is 13.1. The molecule has 1 aromatic heterocycles. The number of guanidine groups is 1. The van der Waals surface area contributed by atoms with Crippen LogP contribution in [0.1, 0.15) is 12.0 Å². The van der Waals surface area contributed by atoms with E-state index in [9.17, 15) is 4.39 Å². The minimum Gasteiger partial charge on any atom is -0.356 e. The van der Waals surface area contributed by atoms with Gasteiger partial charge in [-0.2, -0.15) is 0 Å². The van der Waals surface area contributed by atoms with Gasteiger partial charge < -0.3 is 15.1 Å². The highest BCUT2D eigenvalue weighted by Gasteiger charge is 2.18. The second-order valence-electron chi connectivity index (χ2n) is 7.19. The largest absolute Gasteiger partial charge is 0.356 e. The van der Waals surface area contributed by atoms with Crippen LogP contribution in [0.15, 0.2) is 47.7 Å². The van der Waals surface area contributed by atoms with Crippen LogP contribution in [0.25, 0.3) is 0 Å². The Morgan fingerprint density at radius 3 is 2.43 bits per heavy atom. The number of nitrogens with zero attached hydrogens (tertiary/aromatic N) is 6. The van der Waals surface area contributed by atoms with Crippen LogP contribution < -0.4 is 10.2 Å². The van der Waals surface area contributed by atoms with Crippen molar-refractivity contribution in [1.82, 2.24) is 25.1 Å². The predicted molar refractivity (Wildman–Crippen MR) is 130 cm³/mol. The summed E-state index contributed by atoms with van der Waals surface area (Å²) in [5.74, 6) is 1.46. The zero-order valence-electron chi connectivity index (χ0n) is 17.7. The van der Waals surface area contributed by atoms with E-state index in [1.54, 1.807) is 31.6 Å². The Morgan fingerprint density at radius 1 is 1.13 bits per heavy atom. The molecule has 1 saturated heterocycles. The molecule has 1 aliphatic heterocycles. The number of nitrogens with one attached hydrogen (secondary N) is 1. The van der Waals surface area contributed by atoms with Gasteiger partial charge in [0.15, 0.2) is 5.96 Å². The molecule has 0 saturated carbocycles. The Hall–Kier alpha value is -2.01. The highest BCUT2D eigenvalue weighted by Crippen LogP contribution is 2.10. The van der Waals surface area contributed by atoms with E-state index in [1.807, 2.05) is 18.0 Å². The van der Waals surface area contributed by atoms with Gasteiger partial charge in [0, 0.05) is 65.8 Å². The first-order valence-corrected chi connectivity index (χ1v) is 10.1. The molecule has 9 heteroatoms. The molecule has 2 heterocycles. The molecule has 0 spiro atoms. The second-order valence-corrected chi connectivity index (χ2v) is 7.19. The summed E-state index contributed by atoms with van der Waals surface area (Å²) in [7, 11) is 3.78. The van der Waals surface area contributed by atoms with Crippen molar-refractivity contribution in [2.45, 2.75) is 13.0 Å². The molecule has 3 rings (SSSR count). The van der Waals surface area contributed by atoms with Crippen LogP contribution in [-0.2, 0) is 6.54 Å². The average molecular weight is 527 g/mol. The lowest BCUT2D eigenvalue weighted by atomic mass is 10.2. The number of hydrogen-bond acceptors (Lipinski definition) is 5. The van der Waals surface area contributed by atoms with Gasteiger partial charge in [-0.05, 0) is 36.7 Å². The number of halogens is 2. The van der Waals surface area contributed by atoms with E-state index in [4.69, 9.17) is 0 Å². The summed E-state index contributed by atoms with van der Waals surface area (Å²) in [6, 6.07) is 8.43. The highest BCUT2D eigenvalue weighted by molar-refractivity contribution is 14.0. The average Bonchev–Trinajstić information content (AvgIpc) is 2.76. The second kappa shape index (κ2) is 12.6. The van der Waals surface area contributed by atoms with Crippen molar-refractivity contribution in [3.63, 3.8) is 0 Å². The summed E-state index contributed by atoms with van der Waals surface area (Å²) >= 11 is 0. The van der Waals surface area contributed by atoms with Gasteiger partial charge in [0.1, 0.15) is 5.82 Å². The van der Waals surface area contributed by atoms with E-state index in [2.05, 4.69) is 30.1 Å². The number of aliphatic imine (C=N–C) groups is 1. The van der Waals surface area contributed by atoms with Gasteiger partial charge in [0.2, 0.25) is 5.95 Å². The van der Waals surface area contributed by atoms with Crippen LogP contribution in [0.3, 0.4) is 0 Å². The molecule has 0 bridgehead atoms. The molecule has 1 aliphatic rings. The summed E-state index contributed by atoms with van der Waals surface area (Å²) in [6.45, 7) is 6.56. The first-order chi connectivity index (χ1) is 14.2. The first kappa shape index (κ1) is 24.3. The lowest BCUT2D eigenvalue weighted by molar-refractivity contribution is 0.254. The monoisotopic (exact) mass is 527 g/mol. The van der Waals surface area contributed by atoms with E-state index >= 15 is 0 Å². The predicted octanol–water partition coefficient (Wildman–Crippen LogP) is 2.45. The van der Waals surface area contributed by atoms with Crippen LogP contribution in [0, 0.1) is 5.82 Å². The minimum absolute atomic E-state index is 0. The van der Waals surface area contributed by atoms with Crippen LogP contribution in [-0.4, -0.2) is 79.1 Å². The Morgan fingerprint density at radius 2 is 1.80 bits per heavy atom. The van der Waals surface area contributed by atoms with E-state index in [0.717, 1.165) is 63.2 Å². The van der Waals surface area contributed by atoms with Gasteiger partial charge in [-0.25, -0.2) is 14.4 Å². The normalized spacial score (nSPS) is 14.9. The Bertz CT molecular complexity index is 765. The smallest absolute Gasteiger partial charge is 0.225 e. The zero-order chi connectivity index (χ0) is 20.5. The minimum atomic E-state index is -0.212. The van der Waals surface area contributed by atoms with Gasteiger partial charge in [0.05, 0.1) is 0 Å². The SMILES string of the molecule is CN=C(NCCCN1CCN(c2ncccn2)CC1)N(C)Cc1ccc(F)cc1.I. The summed E-state index contributed by atoms with van der Waals surface area (Å²) < 4.78 is 13.1. The van der Waals surface area contributed by atoms with E-state index < -0.39 is 0 Å². The Balaban J connectivity index is 0.00000320. The number of anilines is 1. The first-order valence-electron chi connectivity index (χ1n) is 10.1. The quantitative estimate of drug-likeness (QED) is 0.259. The molecule has 7 nitrogen and oxygen atoms in total. The van der Waals surface area contributed by atoms with Gasteiger partial charge >= 0.3 is 0 Å². The third kappa shape index (κ3) is 7.35. The van der Waals surface area contributed by atoms with Gasteiger partial charge in [0.25, 0.3) is 0 Å². The molecule has 0 amide bonds. The van der Waals surface area contributed by atoms with Crippen molar-refractivity contribution in [2.75, 3.05) is 58.3 Å². The van der Waals surface area contributed by atoms with Gasteiger partial charge in [-0.3, -0.25) is 9.89 Å². The molecule has 0 radical (unpaired) electrons. The number of aromatic nitrogens is 2. The molecule has 1 fully saturated rings. The molecule has 0 aliphatic carbocycles. The molecule has 1 aromatic carbocycles. The molecular formula is C21H31FIN7. The zero-order valence-corrected chi connectivity index (χ0v) is 20.0. The van der Waals surface area contributed by atoms with Crippen LogP contribution in [0.4, 0.5) is 10.3 Å². The number of piperazine rings is 1. The van der Waals surface area contributed by atoms with Crippen molar-refractivity contribution in [2.24, 2.45) is 4.99 Å². The maximum Gasteiger partial charge on any atom is 0.225 e. The van der Waals surface area contributed by atoms with Gasteiger partial charge in [-0.15, -0.1) is 24.0 Å². The third-order valence-electron chi connectivity index (χ3n) is 5.05. The van der Waals surface area contributed by atoms with Crippen LogP contribution >= 0.6 is 24.0 Å². The Kier molecular flexibility index (Phi) is 10.2. The summed E-state index contributed by atoms with van der Waals surface area (Å²) in [6.07, 6.45) is 4.63. The van der Waals surface area contributed by atoms with Crippen molar-refractivity contribution in [3.8, 4) is 0 Å². The standard InChI is InChI=1S/C21H30FN7.HI/c1-23-20(27(2)17-18-5-7-19(22)8-6-18)24-11-4-12-28-13-15-29(16-14-28)21-25-9-3-10-26-21;/h3,5-10H,4,11-17H2,1-2H3,(H,23,24);1H. The van der Waals surface area contributed by atoms with E-state index in [1.165, 1.54) is 12.1 Å². The topological polar surface area (TPSA) is 59.9 Å². The van der Waals surface area contributed by atoms with Gasteiger partial charge in [-0.1, -0.05) is 12.1 Å². The fraction of sp³-hybridized carbons (Fsp3) is 0.476.